The summed E-state index contributed by atoms with van der Waals surface area (Å²) < 4.78 is 5.68. The zero-order valence-electron chi connectivity index (χ0n) is 21.9. The van der Waals surface area contributed by atoms with E-state index in [2.05, 4.69) is 12.2 Å². The number of nitrogens with one attached hydrogen (secondary N) is 1. The lowest BCUT2D eigenvalue weighted by Crippen LogP contribution is -2.37. The van der Waals surface area contributed by atoms with Crippen LogP contribution in [0.5, 0.6) is 0 Å². The molecule has 37 heavy (non-hydrogen) atoms. The number of ether oxygens (including phenoxy) is 1. The topological polar surface area (TPSA) is 78.9 Å². The number of hydrogen-bond acceptors (Lipinski definition) is 3. The molecule has 1 unspecified atom stereocenters. The number of carbonyl (C=O) groups excluding carboxylic acids is 1. The summed E-state index contributed by atoms with van der Waals surface area (Å²) in [6.45, 7) is 3.13. The van der Waals surface area contributed by atoms with Gasteiger partial charge in [-0.15, -0.1) is 0 Å². The number of carboxylic acids is 1. The molecule has 3 aromatic carbocycles. The predicted octanol–water partition coefficient (Wildman–Crippen LogP) is 6.68. The maximum atomic E-state index is 12.6. The molecule has 0 saturated heterocycles. The van der Waals surface area contributed by atoms with Crippen molar-refractivity contribution in [1.29, 1.82) is 0 Å². The molecule has 6 nitrogen and oxygen atoms in total. The Kier molecular flexibility index (Phi) is 11.2. The minimum Gasteiger partial charge on any atom is -0.479 e. The predicted molar refractivity (Wildman–Crippen MR) is 149 cm³/mol. The zero-order valence-corrected chi connectivity index (χ0v) is 21.9. The molecule has 0 aromatic heterocycles. The van der Waals surface area contributed by atoms with Crippen LogP contribution in [0.3, 0.4) is 0 Å². The van der Waals surface area contributed by atoms with Gasteiger partial charge in [-0.25, -0.2) is 9.59 Å². The molecule has 0 aliphatic heterocycles. The van der Waals surface area contributed by atoms with Crippen LogP contribution < -0.4 is 10.2 Å². The van der Waals surface area contributed by atoms with Crippen LogP contribution in [0.4, 0.5) is 10.5 Å². The van der Waals surface area contributed by atoms with Gasteiger partial charge in [0.05, 0.1) is 6.61 Å². The van der Waals surface area contributed by atoms with Gasteiger partial charge in [0, 0.05) is 25.7 Å². The normalized spacial score (nSPS) is 11.6. The van der Waals surface area contributed by atoms with Gasteiger partial charge in [-0.3, -0.25) is 4.90 Å². The Morgan fingerprint density at radius 2 is 1.59 bits per heavy atom. The van der Waals surface area contributed by atoms with Crippen LogP contribution in [0.1, 0.15) is 50.2 Å². The Bertz CT molecular complexity index is 1120. The number of benzene rings is 3. The van der Waals surface area contributed by atoms with Crippen molar-refractivity contribution >= 4 is 17.7 Å². The van der Waals surface area contributed by atoms with Crippen molar-refractivity contribution < 1.29 is 19.4 Å². The van der Waals surface area contributed by atoms with Gasteiger partial charge >= 0.3 is 12.0 Å². The molecule has 0 fully saturated rings. The molecule has 6 heteroatoms. The van der Waals surface area contributed by atoms with E-state index in [1.165, 1.54) is 19.3 Å². The Morgan fingerprint density at radius 1 is 0.865 bits per heavy atom. The zero-order chi connectivity index (χ0) is 26.5. The summed E-state index contributed by atoms with van der Waals surface area (Å²) in [5, 5.41) is 12.6. The van der Waals surface area contributed by atoms with E-state index in [0.29, 0.717) is 6.54 Å². The summed E-state index contributed by atoms with van der Waals surface area (Å²) in [4.78, 5) is 25.9. The maximum Gasteiger partial charge on any atom is 0.333 e. The molecule has 0 heterocycles. The van der Waals surface area contributed by atoms with Crippen molar-refractivity contribution in [2.45, 2.75) is 58.2 Å². The van der Waals surface area contributed by atoms with Crippen LogP contribution in [-0.4, -0.2) is 36.8 Å². The first-order valence-electron chi connectivity index (χ1n) is 13.1. The first-order chi connectivity index (χ1) is 18.0. The number of amides is 2. The van der Waals surface area contributed by atoms with Gasteiger partial charge in [-0.2, -0.15) is 0 Å². The molecule has 0 radical (unpaired) electrons. The fraction of sp³-hybridized carbons (Fsp3) is 0.355. The van der Waals surface area contributed by atoms with Crippen molar-refractivity contribution in [2.24, 2.45) is 0 Å². The van der Waals surface area contributed by atoms with E-state index in [9.17, 15) is 14.7 Å². The summed E-state index contributed by atoms with van der Waals surface area (Å²) in [6.07, 6.45) is 5.14. The summed E-state index contributed by atoms with van der Waals surface area (Å²) in [6, 6.07) is 25.1. The summed E-state index contributed by atoms with van der Waals surface area (Å²) in [5.74, 6) is -0.977. The largest absolute Gasteiger partial charge is 0.479 e. The molecule has 1 atom stereocenters. The number of nitrogens with zero attached hydrogens (tertiary/aromatic N) is 1. The van der Waals surface area contributed by atoms with E-state index in [1.807, 2.05) is 78.9 Å². The second-order valence-corrected chi connectivity index (χ2v) is 9.28. The first kappa shape index (κ1) is 27.9. The summed E-state index contributed by atoms with van der Waals surface area (Å²) in [5.41, 5.74) is 4.61. The van der Waals surface area contributed by atoms with E-state index in [1.54, 1.807) is 11.9 Å². The maximum absolute atomic E-state index is 12.6. The van der Waals surface area contributed by atoms with Gasteiger partial charge < -0.3 is 15.2 Å². The van der Waals surface area contributed by atoms with Gasteiger partial charge in [0.2, 0.25) is 0 Å². The highest BCUT2D eigenvalue weighted by atomic mass is 16.5. The molecule has 2 amide bonds. The molecular formula is C31H38N2O4. The van der Waals surface area contributed by atoms with E-state index in [-0.39, 0.29) is 19.1 Å². The Morgan fingerprint density at radius 3 is 2.30 bits per heavy atom. The van der Waals surface area contributed by atoms with Crippen LogP contribution in [0.2, 0.25) is 0 Å². The highest BCUT2D eigenvalue weighted by Crippen LogP contribution is 2.25. The fourth-order valence-electron chi connectivity index (χ4n) is 4.09. The van der Waals surface area contributed by atoms with Gasteiger partial charge in [-0.05, 0) is 40.8 Å². The number of aliphatic carboxylic acids is 1. The molecule has 3 aromatic rings. The monoisotopic (exact) mass is 502 g/mol. The molecule has 0 bridgehead atoms. The van der Waals surface area contributed by atoms with E-state index in [4.69, 9.17) is 4.74 Å². The van der Waals surface area contributed by atoms with Crippen molar-refractivity contribution in [3.8, 4) is 11.1 Å². The Hall–Kier alpha value is -3.64. The molecule has 0 spiro atoms. The highest BCUT2D eigenvalue weighted by molar-refractivity contribution is 5.92. The van der Waals surface area contributed by atoms with Gasteiger partial charge in [0.25, 0.3) is 0 Å². The number of unbranched alkanes of at least 4 members (excludes halogenated alkanes) is 4. The van der Waals surface area contributed by atoms with E-state index < -0.39 is 12.1 Å². The quantitative estimate of drug-likeness (QED) is 0.241. The Labute approximate surface area is 220 Å². The van der Waals surface area contributed by atoms with E-state index in [0.717, 1.165) is 40.8 Å². The van der Waals surface area contributed by atoms with Crippen LogP contribution in [0, 0.1) is 0 Å². The van der Waals surface area contributed by atoms with Crippen LogP contribution >= 0.6 is 0 Å². The summed E-state index contributed by atoms with van der Waals surface area (Å²) in [7, 11) is 1.77. The average Bonchev–Trinajstić information content (AvgIpc) is 2.93. The second kappa shape index (κ2) is 14.8. The summed E-state index contributed by atoms with van der Waals surface area (Å²) >= 11 is 0. The minimum absolute atomic E-state index is 0.113. The van der Waals surface area contributed by atoms with Crippen molar-refractivity contribution in [3.05, 3.63) is 90.0 Å². The van der Waals surface area contributed by atoms with Gasteiger partial charge in [-0.1, -0.05) is 99.3 Å². The lowest BCUT2D eigenvalue weighted by molar-refractivity contribution is -0.151. The molecule has 0 saturated carbocycles. The molecular weight excluding hydrogens is 464 g/mol. The number of anilines is 1. The highest BCUT2D eigenvalue weighted by Gasteiger charge is 2.19. The number of carboxylic acid groups (broad SMARTS) is 1. The third-order valence-electron chi connectivity index (χ3n) is 6.37. The number of hydrogen-bond donors (Lipinski definition) is 2. The smallest absolute Gasteiger partial charge is 0.333 e. The molecule has 0 aliphatic carbocycles. The van der Waals surface area contributed by atoms with Crippen LogP contribution in [0.15, 0.2) is 78.9 Å². The SMILES string of the molecule is CCCCCCCNC(=O)N(C)c1cccc(-c2ccc(CC(OCc3ccccc3)C(=O)O)cc2)c1. The number of urea groups is 1. The third-order valence-corrected chi connectivity index (χ3v) is 6.37. The van der Waals surface area contributed by atoms with Crippen molar-refractivity contribution in [1.82, 2.24) is 5.32 Å². The lowest BCUT2D eigenvalue weighted by atomic mass is 10.0. The van der Waals surface area contributed by atoms with Gasteiger partial charge in [0.15, 0.2) is 6.10 Å². The molecule has 196 valence electrons. The average molecular weight is 503 g/mol. The molecule has 3 rings (SSSR count). The third kappa shape index (κ3) is 9.07. The molecule has 0 aliphatic rings. The van der Waals surface area contributed by atoms with Crippen molar-refractivity contribution in [3.63, 3.8) is 0 Å². The first-order valence-corrected chi connectivity index (χ1v) is 13.1. The van der Waals surface area contributed by atoms with Gasteiger partial charge in [0.1, 0.15) is 0 Å². The second-order valence-electron chi connectivity index (χ2n) is 9.28. The Balaban J connectivity index is 1.57. The van der Waals surface area contributed by atoms with E-state index >= 15 is 0 Å². The number of carbonyl (C=O) groups is 2. The minimum atomic E-state index is -0.977. The van der Waals surface area contributed by atoms with Crippen molar-refractivity contribution in [2.75, 3.05) is 18.5 Å². The van der Waals surface area contributed by atoms with Crippen LogP contribution in [0.25, 0.3) is 11.1 Å². The lowest BCUT2D eigenvalue weighted by Gasteiger charge is -2.19. The van der Waals surface area contributed by atoms with Crippen LogP contribution in [-0.2, 0) is 22.6 Å². The standard InChI is InChI=1S/C31H38N2O4/c1-3-4-5-6-10-20-32-31(36)33(2)28-15-11-14-27(22-28)26-18-16-24(17-19-26)21-29(30(34)35)37-23-25-12-8-7-9-13-25/h7-9,11-19,22,29H,3-6,10,20-21,23H2,1-2H3,(H,32,36)(H,34,35). The fourth-order valence-corrected chi connectivity index (χ4v) is 4.09. The number of rotatable bonds is 14. The molecule has 2 N–H and O–H groups in total.